The maximum atomic E-state index is 13.1. The van der Waals surface area contributed by atoms with E-state index in [-0.39, 0.29) is 5.91 Å². The minimum atomic E-state index is -0.398. The van der Waals surface area contributed by atoms with Gasteiger partial charge in [0.25, 0.3) is 5.91 Å². The first-order valence-corrected chi connectivity index (χ1v) is 11.0. The highest BCUT2D eigenvalue weighted by Gasteiger charge is 2.32. The number of amidine groups is 1. The molecule has 6 nitrogen and oxygen atoms in total. The maximum absolute atomic E-state index is 13.1. The highest BCUT2D eigenvalue weighted by molar-refractivity contribution is 8.18. The van der Waals surface area contributed by atoms with Gasteiger partial charge in [-0.2, -0.15) is 0 Å². The van der Waals surface area contributed by atoms with E-state index in [1.54, 1.807) is 29.2 Å². The number of para-hydroxylation sites is 1. The summed E-state index contributed by atoms with van der Waals surface area (Å²) < 4.78 is 6.85. The number of aliphatic imine (C=N–C) groups is 1. The maximum Gasteiger partial charge on any atom is 0.337 e. The van der Waals surface area contributed by atoms with Crippen LogP contribution in [0.25, 0.3) is 17.0 Å². The number of nitrogens with zero attached hydrogens (tertiary/aromatic N) is 3. The number of methoxy groups -OCH3 is 1. The van der Waals surface area contributed by atoms with Crippen LogP contribution in [0.2, 0.25) is 0 Å². The number of aromatic nitrogens is 1. The Hall–Kier alpha value is -3.58. The second kappa shape index (κ2) is 9.28. The van der Waals surface area contributed by atoms with Crippen molar-refractivity contribution in [3.05, 3.63) is 83.4 Å². The van der Waals surface area contributed by atoms with Crippen LogP contribution in [0.3, 0.4) is 0 Å². The predicted octanol–water partition coefficient (Wildman–Crippen LogP) is 5.24. The molecule has 0 atom stereocenters. The summed E-state index contributed by atoms with van der Waals surface area (Å²) in [6, 6.07) is 14.9. The Bertz CT molecular complexity index is 1260. The SMILES string of the molecule is C=CCn1cc(/C=C2\SC(=Nc3ccc(C(=O)OC)cc3)N(CC)C2=O)c2ccccc21. The minimum absolute atomic E-state index is 0.0667. The second-order valence-electron chi connectivity index (χ2n) is 7.14. The summed E-state index contributed by atoms with van der Waals surface area (Å²) in [6.07, 6.45) is 5.83. The van der Waals surface area contributed by atoms with Gasteiger partial charge in [-0.1, -0.05) is 24.3 Å². The van der Waals surface area contributed by atoms with Crippen LogP contribution >= 0.6 is 11.8 Å². The largest absolute Gasteiger partial charge is 0.465 e. The number of esters is 1. The molecule has 7 heteroatoms. The molecule has 1 fully saturated rings. The van der Waals surface area contributed by atoms with Crippen LogP contribution in [0.15, 0.2) is 77.3 Å². The molecule has 162 valence electrons. The lowest BCUT2D eigenvalue weighted by atomic mass is 10.1. The van der Waals surface area contributed by atoms with E-state index in [1.165, 1.54) is 18.9 Å². The van der Waals surface area contributed by atoms with Gasteiger partial charge in [-0.25, -0.2) is 9.79 Å². The van der Waals surface area contributed by atoms with Crippen molar-refractivity contribution in [3.8, 4) is 0 Å². The Morgan fingerprint density at radius 1 is 1.19 bits per heavy atom. The molecule has 0 aliphatic carbocycles. The Labute approximate surface area is 190 Å². The summed E-state index contributed by atoms with van der Waals surface area (Å²) in [5.74, 6) is -0.464. The number of carbonyl (C=O) groups is 2. The molecule has 32 heavy (non-hydrogen) atoms. The third-order valence-corrected chi connectivity index (χ3v) is 6.16. The fraction of sp³-hybridized carbons (Fsp3) is 0.160. The monoisotopic (exact) mass is 445 g/mol. The number of allylic oxidation sites excluding steroid dienone is 1. The van der Waals surface area contributed by atoms with Gasteiger partial charge in [0.05, 0.1) is 23.3 Å². The van der Waals surface area contributed by atoms with Gasteiger partial charge in [-0.15, -0.1) is 6.58 Å². The van der Waals surface area contributed by atoms with Gasteiger partial charge in [0.15, 0.2) is 5.17 Å². The van der Waals surface area contributed by atoms with E-state index < -0.39 is 5.97 Å². The lowest BCUT2D eigenvalue weighted by Crippen LogP contribution is -2.28. The van der Waals surface area contributed by atoms with E-state index in [1.807, 2.05) is 37.4 Å². The molecular weight excluding hydrogens is 422 g/mol. The van der Waals surface area contributed by atoms with Crippen molar-refractivity contribution < 1.29 is 14.3 Å². The number of fused-ring (bicyclic) bond motifs is 1. The van der Waals surface area contributed by atoms with Crippen molar-refractivity contribution in [1.82, 2.24) is 9.47 Å². The van der Waals surface area contributed by atoms with Crippen LogP contribution in [-0.4, -0.2) is 40.2 Å². The van der Waals surface area contributed by atoms with E-state index in [0.29, 0.717) is 34.4 Å². The standard InChI is InChI=1S/C25H23N3O3S/c1-4-14-27-16-18(20-8-6-7-9-21(20)27)15-22-23(29)28(5-2)25(32-22)26-19-12-10-17(11-13-19)24(30)31-3/h4,6-13,15-16H,1,5,14H2,2-3H3/b22-15-,26-25?. The van der Waals surface area contributed by atoms with Crippen LogP contribution in [0.4, 0.5) is 5.69 Å². The van der Waals surface area contributed by atoms with Gasteiger partial charge < -0.3 is 9.30 Å². The van der Waals surface area contributed by atoms with Gasteiger partial charge in [0.2, 0.25) is 0 Å². The number of hydrogen-bond acceptors (Lipinski definition) is 5. The number of thioether (sulfide) groups is 1. The third-order valence-electron chi connectivity index (χ3n) is 5.15. The molecule has 2 aromatic carbocycles. The average Bonchev–Trinajstić information content (AvgIpc) is 3.31. The number of carbonyl (C=O) groups excluding carboxylic acids is 2. The van der Waals surface area contributed by atoms with Gasteiger partial charge >= 0.3 is 5.97 Å². The molecule has 0 radical (unpaired) electrons. The van der Waals surface area contributed by atoms with Gasteiger partial charge in [-0.3, -0.25) is 9.69 Å². The number of likely N-dealkylation sites (N-methyl/N-ethyl adjacent to an activating group) is 1. The molecule has 0 spiro atoms. The molecule has 0 unspecified atom stereocenters. The lowest BCUT2D eigenvalue weighted by Gasteiger charge is -2.12. The van der Waals surface area contributed by atoms with Crippen molar-refractivity contribution in [3.63, 3.8) is 0 Å². The van der Waals surface area contributed by atoms with E-state index >= 15 is 0 Å². The van der Waals surface area contributed by atoms with Crippen molar-refractivity contribution in [2.24, 2.45) is 4.99 Å². The molecular formula is C25H23N3O3S. The fourth-order valence-electron chi connectivity index (χ4n) is 3.59. The van der Waals surface area contributed by atoms with E-state index in [4.69, 9.17) is 4.74 Å². The highest BCUT2D eigenvalue weighted by Crippen LogP contribution is 2.35. The van der Waals surface area contributed by atoms with Gasteiger partial charge in [-0.05, 0) is 55.1 Å². The number of hydrogen-bond donors (Lipinski definition) is 0. The van der Waals surface area contributed by atoms with E-state index in [2.05, 4.69) is 28.3 Å². The summed E-state index contributed by atoms with van der Waals surface area (Å²) in [5.41, 5.74) is 3.20. The molecule has 3 aromatic rings. The molecule has 1 aliphatic rings. The number of benzene rings is 2. The molecule has 1 amide bonds. The normalized spacial score (nSPS) is 16.3. The topological polar surface area (TPSA) is 63.9 Å². The van der Waals surface area contributed by atoms with E-state index in [0.717, 1.165) is 16.5 Å². The molecule has 0 saturated carbocycles. The summed E-state index contributed by atoms with van der Waals surface area (Å²) in [7, 11) is 1.35. The first kappa shape index (κ1) is 21.6. The van der Waals surface area contributed by atoms with E-state index in [9.17, 15) is 9.59 Å². The highest BCUT2D eigenvalue weighted by atomic mass is 32.2. The summed E-state index contributed by atoms with van der Waals surface area (Å²) >= 11 is 1.35. The Kier molecular flexibility index (Phi) is 6.28. The lowest BCUT2D eigenvalue weighted by molar-refractivity contribution is -0.122. The fourth-order valence-corrected chi connectivity index (χ4v) is 4.65. The third kappa shape index (κ3) is 4.11. The zero-order valence-electron chi connectivity index (χ0n) is 17.9. The molecule has 0 bridgehead atoms. The van der Waals surface area contributed by atoms with Crippen molar-refractivity contribution in [2.75, 3.05) is 13.7 Å². The molecule has 4 rings (SSSR count). The summed E-state index contributed by atoms with van der Waals surface area (Å²) in [6.45, 7) is 6.97. The second-order valence-corrected chi connectivity index (χ2v) is 8.14. The van der Waals surface area contributed by atoms with Crippen molar-refractivity contribution >= 4 is 51.5 Å². The average molecular weight is 446 g/mol. The van der Waals surface area contributed by atoms with Crippen LogP contribution in [0, 0.1) is 0 Å². The smallest absolute Gasteiger partial charge is 0.337 e. The molecule has 1 saturated heterocycles. The van der Waals surface area contributed by atoms with Crippen LogP contribution < -0.4 is 0 Å². The number of rotatable bonds is 6. The first-order valence-electron chi connectivity index (χ1n) is 10.2. The van der Waals surface area contributed by atoms with Crippen molar-refractivity contribution in [1.29, 1.82) is 0 Å². The number of amides is 1. The minimum Gasteiger partial charge on any atom is -0.465 e. The van der Waals surface area contributed by atoms with Crippen LogP contribution in [-0.2, 0) is 16.1 Å². The molecule has 1 aromatic heterocycles. The molecule has 1 aliphatic heterocycles. The zero-order valence-corrected chi connectivity index (χ0v) is 18.8. The quantitative estimate of drug-likeness (QED) is 0.296. The van der Waals surface area contributed by atoms with Gasteiger partial charge in [0.1, 0.15) is 0 Å². The Balaban J connectivity index is 1.68. The molecule has 2 heterocycles. The van der Waals surface area contributed by atoms with Crippen molar-refractivity contribution in [2.45, 2.75) is 13.5 Å². The predicted molar refractivity (Wildman–Crippen MR) is 130 cm³/mol. The van der Waals surface area contributed by atoms with Gasteiger partial charge in [0, 0.05) is 35.8 Å². The molecule has 0 N–H and O–H groups in total. The van der Waals surface area contributed by atoms with Crippen LogP contribution in [0.5, 0.6) is 0 Å². The zero-order chi connectivity index (χ0) is 22.7. The summed E-state index contributed by atoms with van der Waals surface area (Å²) in [5, 5.41) is 1.70. The summed E-state index contributed by atoms with van der Waals surface area (Å²) in [4.78, 5) is 31.6. The first-order chi connectivity index (χ1) is 15.5. The van der Waals surface area contributed by atoms with Crippen LogP contribution in [0.1, 0.15) is 22.8 Å². The Morgan fingerprint density at radius 2 is 1.94 bits per heavy atom. The number of ether oxygens (including phenoxy) is 1. The Morgan fingerprint density at radius 3 is 2.62 bits per heavy atom.